The quantitative estimate of drug-likeness (QED) is 0.727. The Morgan fingerprint density at radius 2 is 2.00 bits per heavy atom. The largest absolute Gasteiger partial charge is 0.389 e. The minimum Gasteiger partial charge on any atom is -0.389 e. The van der Waals surface area contributed by atoms with E-state index >= 15 is 0 Å². The summed E-state index contributed by atoms with van der Waals surface area (Å²) in [5.41, 5.74) is 1.14. The van der Waals surface area contributed by atoms with Crippen molar-refractivity contribution in [3.63, 3.8) is 0 Å². The van der Waals surface area contributed by atoms with Gasteiger partial charge in [0.2, 0.25) is 0 Å². The summed E-state index contributed by atoms with van der Waals surface area (Å²) in [5.74, 6) is 0. The lowest BCUT2D eigenvalue weighted by molar-refractivity contribution is 0.00871. The maximum atomic E-state index is 10.2. The molecule has 1 aromatic heterocycles. The van der Waals surface area contributed by atoms with Gasteiger partial charge in [-0.05, 0) is 30.0 Å². The van der Waals surface area contributed by atoms with Gasteiger partial charge >= 0.3 is 0 Å². The van der Waals surface area contributed by atoms with Crippen LogP contribution in [-0.2, 0) is 17.9 Å². The van der Waals surface area contributed by atoms with Gasteiger partial charge in [-0.2, -0.15) is 0 Å². The van der Waals surface area contributed by atoms with Gasteiger partial charge < -0.3 is 9.84 Å². The number of aliphatic hydroxyl groups excluding tert-OH is 1. The summed E-state index contributed by atoms with van der Waals surface area (Å²) in [6, 6.07) is 14.3. The third-order valence-corrected chi connectivity index (χ3v) is 4.25. The molecule has 0 bridgehead atoms. The minimum atomic E-state index is -0.449. The Kier molecular flexibility index (Phi) is 7.60. The first-order valence-electron chi connectivity index (χ1n) is 7.82. The molecule has 22 heavy (non-hydrogen) atoms. The van der Waals surface area contributed by atoms with E-state index in [1.54, 1.807) is 11.3 Å². The van der Waals surface area contributed by atoms with Crippen molar-refractivity contribution in [1.29, 1.82) is 0 Å². The first-order chi connectivity index (χ1) is 10.8. The zero-order valence-corrected chi connectivity index (χ0v) is 14.0. The second kappa shape index (κ2) is 9.74. The molecule has 3 nitrogen and oxygen atoms in total. The van der Waals surface area contributed by atoms with Crippen molar-refractivity contribution in [2.75, 3.05) is 19.7 Å². The lowest BCUT2D eigenvalue weighted by Crippen LogP contribution is -2.34. The molecule has 1 unspecified atom stereocenters. The minimum absolute atomic E-state index is 0.375. The van der Waals surface area contributed by atoms with Crippen LogP contribution >= 0.6 is 11.3 Å². The van der Waals surface area contributed by atoms with E-state index in [0.29, 0.717) is 19.8 Å². The summed E-state index contributed by atoms with van der Waals surface area (Å²) in [7, 11) is 0. The van der Waals surface area contributed by atoms with Crippen LogP contribution in [0.3, 0.4) is 0 Å². The first kappa shape index (κ1) is 17.2. The van der Waals surface area contributed by atoms with E-state index in [-0.39, 0.29) is 0 Å². The van der Waals surface area contributed by atoms with Gasteiger partial charge in [0, 0.05) is 18.0 Å². The van der Waals surface area contributed by atoms with Gasteiger partial charge in [0.1, 0.15) is 0 Å². The number of hydrogen-bond donors (Lipinski definition) is 1. The summed E-state index contributed by atoms with van der Waals surface area (Å²) in [6.07, 6.45) is 0.637. The molecule has 0 amide bonds. The molecule has 0 aliphatic carbocycles. The van der Waals surface area contributed by atoms with Crippen LogP contribution < -0.4 is 0 Å². The maximum absolute atomic E-state index is 10.2. The number of rotatable bonds is 10. The molecule has 4 heteroatoms. The standard InChI is InChI=1S/C18H25NO2S/c1-2-10-19(13-18-9-6-11-22-18)12-17(20)15-21-14-16-7-4-3-5-8-16/h3-9,11,17,20H,2,10,12-15H2,1H3. The number of aliphatic hydroxyl groups is 1. The van der Waals surface area contributed by atoms with Crippen LogP contribution in [0.25, 0.3) is 0 Å². The Hall–Kier alpha value is -1.20. The Bertz CT molecular complexity index is 501. The van der Waals surface area contributed by atoms with Crippen LogP contribution in [0, 0.1) is 0 Å². The highest BCUT2D eigenvalue weighted by Crippen LogP contribution is 2.12. The summed E-state index contributed by atoms with van der Waals surface area (Å²) >= 11 is 1.76. The normalized spacial score (nSPS) is 12.7. The Morgan fingerprint density at radius 3 is 2.68 bits per heavy atom. The molecule has 1 atom stereocenters. The molecule has 0 saturated carbocycles. The van der Waals surface area contributed by atoms with E-state index in [4.69, 9.17) is 4.74 Å². The molecule has 0 saturated heterocycles. The third kappa shape index (κ3) is 6.28. The van der Waals surface area contributed by atoms with Crippen molar-refractivity contribution in [3.05, 3.63) is 58.3 Å². The Balaban J connectivity index is 1.72. The fourth-order valence-corrected chi connectivity index (χ4v) is 3.16. The molecule has 1 aromatic carbocycles. The SMILES string of the molecule is CCCN(Cc1cccs1)CC(O)COCc1ccccc1. The van der Waals surface area contributed by atoms with Gasteiger partial charge in [0.25, 0.3) is 0 Å². The highest BCUT2D eigenvalue weighted by Gasteiger charge is 2.12. The number of thiophene rings is 1. The molecule has 2 aromatic rings. The van der Waals surface area contributed by atoms with Crippen molar-refractivity contribution in [3.8, 4) is 0 Å². The van der Waals surface area contributed by atoms with Crippen LogP contribution in [0.5, 0.6) is 0 Å². The average molecular weight is 319 g/mol. The maximum Gasteiger partial charge on any atom is 0.0900 e. The molecule has 0 radical (unpaired) electrons. The van der Waals surface area contributed by atoms with E-state index in [1.807, 2.05) is 30.3 Å². The molecular formula is C18H25NO2S. The number of nitrogens with zero attached hydrogens (tertiary/aromatic N) is 1. The first-order valence-corrected chi connectivity index (χ1v) is 8.70. The third-order valence-electron chi connectivity index (χ3n) is 3.39. The Morgan fingerprint density at radius 1 is 1.18 bits per heavy atom. The van der Waals surface area contributed by atoms with Gasteiger partial charge in [0.05, 0.1) is 19.3 Å². The highest BCUT2D eigenvalue weighted by molar-refractivity contribution is 7.09. The predicted molar refractivity (Wildman–Crippen MR) is 92.0 cm³/mol. The second-order valence-corrected chi connectivity index (χ2v) is 6.50. The van der Waals surface area contributed by atoms with Crippen molar-refractivity contribution < 1.29 is 9.84 Å². The summed E-state index contributed by atoms with van der Waals surface area (Å²) in [4.78, 5) is 3.63. The molecule has 0 aliphatic rings. The van der Waals surface area contributed by atoms with Crippen molar-refractivity contribution in [1.82, 2.24) is 4.90 Å². The van der Waals surface area contributed by atoms with Crippen molar-refractivity contribution >= 4 is 11.3 Å². The van der Waals surface area contributed by atoms with Gasteiger partial charge in [-0.25, -0.2) is 0 Å². The molecule has 0 spiro atoms. The fraction of sp³-hybridized carbons (Fsp3) is 0.444. The van der Waals surface area contributed by atoms with Crippen LogP contribution in [0.2, 0.25) is 0 Å². The van der Waals surface area contributed by atoms with E-state index in [2.05, 4.69) is 29.3 Å². The molecule has 0 fully saturated rings. The van der Waals surface area contributed by atoms with Crippen LogP contribution in [0.4, 0.5) is 0 Å². The summed E-state index contributed by atoms with van der Waals surface area (Å²) in [5, 5.41) is 12.3. The van der Waals surface area contributed by atoms with Gasteiger partial charge in [-0.15, -0.1) is 11.3 Å². The lowest BCUT2D eigenvalue weighted by Gasteiger charge is -2.24. The number of ether oxygens (including phenoxy) is 1. The lowest BCUT2D eigenvalue weighted by atomic mass is 10.2. The fourth-order valence-electron chi connectivity index (χ4n) is 2.41. The summed E-state index contributed by atoms with van der Waals surface area (Å²) < 4.78 is 5.62. The molecule has 120 valence electrons. The molecule has 2 rings (SSSR count). The Labute approximate surface area is 137 Å². The van der Waals surface area contributed by atoms with E-state index in [9.17, 15) is 5.11 Å². The van der Waals surface area contributed by atoms with E-state index < -0.39 is 6.10 Å². The van der Waals surface area contributed by atoms with Crippen molar-refractivity contribution in [2.45, 2.75) is 32.6 Å². The molecular weight excluding hydrogens is 294 g/mol. The highest BCUT2D eigenvalue weighted by atomic mass is 32.1. The van der Waals surface area contributed by atoms with Crippen LogP contribution in [0.1, 0.15) is 23.8 Å². The van der Waals surface area contributed by atoms with Gasteiger partial charge in [-0.3, -0.25) is 4.90 Å². The molecule has 1 heterocycles. The molecule has 0 aliphatic heterocycles. The predicted octanol–water partition coefficient (Wildman–Crippen LogP) is 3.54. The van der Waals surface area contributed by atoms with E-state index in [0.717, 1.165) is 25.1 Å². The van der Waals surface area contributed by atoms with Gasteiger partial charge in [0.15, 0.2) is 0 Å². The number of benzene rings is 1. The smallest absolute Gasteiger partial charge is 0.0900 e. The topological polar surface area (TPSA) is 32.7 Å². The molecule has 1 N–H and O–H groups in total. The van der Waals surface area contributed by atoms with E-state index in [1.165, 1.54) is 4.88 Å². The second-order valence-electron chi connectivity index (χ2n) is 5.47. The van der Waals surface area contributed by atoms with Gasteiger partial charge in [-0.1, -0.05) is 43.3 Å². The zero-order chi connectivity index (χ0) is 15.6. The van der Waals surface area contributed by atoms with Crippen molar-refractivity contribution in [2.24, 2.45) is 0 Å². The number of hydrogen-bond acceptors (Lipinski definition) is 4. The zero-order valence-electron chi connectivity index (χ0n) is 13.1. The summed E-state index contributed by atoms with van der Waals surface area (Å²) in [6.45, 7) is 5.64. The van der Waals surface area contributed by atoms with Crippen LogP contribution in [0.15, 0.2) is 47.8 Å². The average Bonchev–Trinajstić information content (AvgIpc) is 3.01. The monoisotopic (exact) mass is 319 g/mol. The van der Waals surface area contributed by atoms with Crippen LogP contribution in [-0.4, -0.2) is 35.8 Å².